The van der Waals surface area contributed by atoms with Crippen LogP contribution in [0.1, 0.15) is 16.9 Å². The van der Waals surface area contributed by atoms with E-state index in [1.807, 2.05) is 13.0 Å². The van der Waals surface area contributed by atoms with Crippen molar-refractivity contribution < 1.29 is 9.15 Å². The van der Waals surface area contributed by atoms with Gasteiger partial charge in [0.15, 0.2) is 0 Å². The SMILES string of the molecule is Cc1ccnc(OCc2ccco2)c1C#N. The summed E-state index contributed by atoms with van der Waals surface area (Å²) in [6.07, 6.45) is 3.20. The third-order valence-corrected chi connectivity index (χ3v) is 2.17. The van der Waals surface area contributed by atoms with Gasteiger partial charge in [-0.3, -0.25) is 0 Å². The Hall–Kier alpha value is -2.28. The normalized spacial score (nSPS) is 9.75. The van der Waals surface area contributed by atoms with Crippen molar-refractivity contribution in [2.75, 3.05) is 0 Å². The molecule has 2 aromatic heterocycles. The Kier molecular flexibility index (Phi) is 2.88. The average molecular weight is 214 g/mol. The smallest absolute Gasteiger partial charge is 0.232 e. The molecule has 0 aromatic carbocycles. The quantitative estimate of drug-likeness (QED) is 0.787. The van der Waals surface area contributed by atoms with E-state index < -0.39 is 0 Å². The van der Waals surface area contributed by atoms with Gasteiger partial charge in [-0.15, -0.1) is 0 Å². The number of hydrogen-bond acceptors (Lipinski definition) is 4. The van der Waals surface area contributed by atoms with Crippen LogP contribution in [0.5, 0.6) is 5.88 Å². The van der Waals surface area contributed by atoms with Crippen LogP contribution in [0.15, 0.2) is 35.1 Å². The van der Waals surface area contributed by atoms with Crippen LogP contribution in [0, 0.1) is 18.3 Å². The zero-order chi connectivity index (χ0) is 11.4. The Morgan fingerprint density at radius 1 is 1.50 bits per heavy atom. The molecule has 2 aromatic rings. The molecule has 0 spiro atoms. The summed E-state index contributed by atoms with van der Waals surface area (Å²) in [6.45, 7) is 2.12. The lowest BCUT2D eigenvalue weighted by Gasteiger charge is -2.06. The summed E-state index contributed by atoms with van der Waals surface area (Å²) in [7, 11) is 0. The summed E-state index contributed by atoms with van der Waals surface area (Å²) < 4.78 is 10.5. The van der Waals surface area contributed by atoms with Crippen LogP contribution in [0.3, 0.4) is 0 Å². The van der Waals surface area contributed by atoms with Gasteiger partial charge in [-0.1, -0.05) is 0 Å². The number of ether oxygens (including phenoxy) is 1. The number of rotatable bonds is 3. The van der Waals surface area contributed by atoms with Crippen molar-refractivity contribution in [3.05, 3.63) is 47.5 Å². The highest BCUT2D eigenvalue weighted by atomic mass is 16.5. The van der Waals surface area contributed by atoms with Gasteiger partial charge >= 0.3 is 0 Å². The fraction of sp³-hybridized carbons (Fsp3) is 0.167. The van der Waals surface area contributed by atoms with E-state index in [0.29, 0.717) is 17.2 Å². The molecule has 80 valence electrons. The van der Waals surface area contributed by atoms with Crippen LogP contribution in [-0.2, 0) is 6.61 Å². The molecule has 0 bridgehead atoms. The van der Waals surface area contributed by atoms with Gasteiger partial charge in [-0.25, -0.2) is 4.98 Å². The Bertz CT molecular complexity index is 512. The maximum Gasteiger partial charge on any atom is 0.232 e. The summed E-state index contributed by atoms with van der Waals surface area (Å²) in [5, 5.41) is 8.96. The second kappa shape index (κ2) is 4.49. The highest BCUT2D eigenvalue weighted by molar-refractivity contribution is 5.43. The van der Waals surface area contributed by atoms with Crippen molar-refractivity contribution >= 4 is 0 Å². The maximum absolute atomic E-state index is 8.96. The molecule has 0 unspecified atom stereocenters. The van der Waals surface area contributed by atoms with Gasteiger partial charge in [0.25, 0.3) is 0 Å². The molecule has 16 heavy (non-hydrogen) atoms. The molecular formula is C12H10N2O2. The highest BCUT2D eigenvalue weighted by Gasteiger charge is 2.08. The summed E-state index contributed by atoms with van der Waals surface area (Å²) in [6, 6.07) is 7.44. The molecule has 4 nitrogen and oxygen atoms in total. The van der Waals surface area contributed by atoms with E-state index in [1.165, 1.54) is 0 Å². The Morgan fingerprint density at radius 3 is 3.06 bits per heavy atom. The molecule has 0 saturated carbocycles. The molecule has 0 aliphatic heterocycles. The van der Waals surface area contributed by atoms with E-state index in [1.54, 1.807) is 24.6 Å². The van der Waals surface area contributed by atoms with Gasteiger partial charge in [0, 0.05) is 6.20 Å². The molecule has 0 saturated heterocycles. The Morgan fingerprint density at radius 2 is 2.38 bits per heavy atom. The second-order valence-electron chi connectivity index (χ2n) is 3.29. The van der Waals surface area contributed by atoms with Crippen molar-refractivity contribution in [1.29, 1.82) is 5.26 Å². The summed E-state index contributed by atoms with van der Waals surface area (Å²) >= 11 is 0. The van der Waals surface area contributed by atoms with Gasteiger partial charge in [-0.05, 0) is 30.7 Å². The standard InChI is InChI=1S/C12H10N2O2/c1-9-4-5-14-12(11(9)7-13)16-8-10-3-2-6-15-10/h2-6H,8H2,1H3. The van der Waals surface area contributed by atoms with Crippen LogP contribution in [-0.4, -0.2) is 4.98 Å². The highest BCUT2D eigenvalue weighted by Crippen LogP contribution is 2.18. The largest absolute Gasteiger partial charge is 0.469 e. The zero-order valence-corrected chi connectivity index (χ0v) is 8.80. The predicted octanol–water partition coefficient (Wildman–Crippen LogP) is 2.43. The molecule has 0 fully saturated rings. The number of aromatic nitrogens is 1. The summed E-state index contributed by atoms with van der Waals surface area (Å²) in [4.78, 5) is 4.02. The maximum atomic E-state index is 8.96. The van der Waals surface area contributed by atoms with Gasteiger partial charge in [0.1, 0.15) is 24.0 Å². The third-order valence-electron chi connectivity index (χ3n) is 2.17. The average Bonchev–Trinajstić information content (AvgIpc) is 2.79. The number of nitriles is 1. The van der Waals surface area contributed by atoms with Crippen LogP contribution >= 0.6 is 0 Å². The lowest BCUT2D eigenvalue weighted by Crippen LogP contribution is -1.99. The number of hydrogen-bond donors (Lipinski definition) is 0. The minimum absolute atomic E-state index is 0.276. The third kappa shape index (κ3) is 2.04. The molecule has 0 aliphatic carbocycles. The number of furan rings is 1. The Labute approximate surface area is 93.1 Å². The first-order valence-electron chi connectivity index (χ1n) is 4.82. The van der Waals surface area contributed by atoms with Crippen LogP contribution in [0.25, 0.3) is 0 Å². The molecule has 0 atom stereocenters. The van der Waals surface area contributed by atoms with E-state index in [4.69, 9.17) is 14.4 Å². The van der Waals surface area contributed by atoms with E-state index in [2.05, 4.69) is 11.1 Å². The van der Waals surface area contributed by atoms with Gasteiger partial charge in [0.05, 0.1) is 6.26 Å². The van der Waals surface area contributed by atoms with Crippen molar-refractivity contribution in [1.82, 2.24) is 4.98 Å². The molecule has 0 radical (unpaired) electrons. The first-order chi connectivity index (χ1) is 7.81. The van der Waals surface area contributed by atoms with Crippen molar-refractivity contribution in [2.45, 2.75) is 13.5 Å². The lowest BCUT2D eigenvalue weighted by atomic mass is 10.2. The summed E-state index contributed by atoms with van der Waals surface area (Å²) in [5.41, 5.74) is 1.32. The lowest BCUT2D eigenvalue weighted by molar-refractivity contribution is 0.259. The second-order valence-corrected chi connectivity index (χ2v) is 3.29. The van der Waals surface area contributed by atoms with Crippen molar-refractivity contribution in [3.8, 4) is 11.9 Å². The fourth-order valence-electron chi connectivity index (χ4n) is 1.31. The van der Waals surface area contributed by atoms with Gasteiger partial charge in [-0.2, -0.15) is 5.26 Å². The van der Waals surface area contributed by atoms with Crippen molar-refractivity contribution in [2.24, 2.45) is 0 Å². The minimum Gasteiger partial charge on any atom is -0.469 e. The van der Waals surface area contributed by atoms with Gasteiger partial charge in [0.2, 0.25) is 5.88 Å². The molecule has 0 aliphatic rings. The predicted molar refractivity (Wildman–Crippen MR) is 56.7 cm³/mol. The van der Waals surface area contributed by atoms with Crippen LogP contribution in [0.2, 0.25) is 0 Å². The van der Waals surface area contributed by atoms with E-state index in [9.17, 15) is 0 Å². The number of aryl methyl sites for hydroxylation is 1. The van der Waals surface area contributed by atoms with Gasteiger partial charge < -0.3 is 9.15 Å². The molecular weight excluding hydrogens is 204 g/mol. The van der Waals surface area contributed by atoms with Crippen LogP contribution in [0.4, 0.5) is 0 Å². The first-order valence-corrected chi connectivity index (χ1v) is 4.82. The van der Waals surface area contributed by atoms with Crippen LogP contribution < -0.4 is 4.74 Å². The minimum atomic E-state index is 0.276. The molecule has 0 amide bonds. The van der Waals surface area contributed by atoms with Crippen molar-refractivity contribution in [3.63, 3.8) is 0 Å². The first kappa shape index (κ1) is 10.2. The van der Waals surface area contributed by atoms with E-state index in [0.717, 1.165) is 5.56 Å². The van der Waals surface area contributed by atoms with E-state index >= 15 is 0 Å². The van der Waals surface area contributed by atoms with E-state index in [-0.39, 0.29) is 6.61 Å². The number of pyridine rings is 1. The summed E-state index contributed by atoms with van der Waals surface area (Å²) in [5.74, 6) is 1.05. The number of nitrogens with zero attached hydrogens (tertiary/aromatic N) is 2. The molecule has 4 heteroatoms. The fourth-order valence-corrected chi connectivity index (χ4v) is 1.31. The zero-order valence-electron chi connectivity index (χ0n) is 8.80. The topological polar surface area (TPSA) is 59.1 Å². The molecule has 2 rings (SSSR count). The Balaban J connectivity index is 2.16. The molecule has 0 N–H and O–H groups in total. The monoisotopic (exact) mass is 214 g/mol. The molecule has 2 heterocycles.